The van der Waals surface area contributed by atoms with Crippen LogP contribution in [0, 0.1) is 0 Å². The fourth-order valence-corrected chi connectivity index (χ4v) is 5.76. The lowest BCUT2D eigenvalue weighted by Crippen LogP contribution is -2.43. The van der Waals surface area contributed by atoms with E-state index in [1.54, 1.807) is 0 Å². The molecule has 1 aliphatic rings. The van der Waals surface area contributed by atoms with Gasteiger partial charge in [0, 0.05) is 17.0 Å². The van der Waals surface area contributed by atoms with Crippen LogP contribution < -0.4 is 5.73 Å². The van der Waals surface area contributed by atoms with E-state index in [-0.39, 0.29) is 29.6 Å². The standard InChI is InChI=1S/C12H19ClN2O2S2/c1-8(14)12(10-3-4-11(13)18-10)15(2)9-5-6-19(16,17)7-9/h3-4,8-9,12H,5-7,14H2,1-2H3. The Hall–Kier alpha value is -0.140. The monoisotopic (exact) mass is 322 g/mol. The third kappa shape index (κ3) is 3.49. The quantitative estimate of drug-likeness (QED) is 0.919. The second-order valence-corrected chi connectivity index (χ2v) is 9.14. The topological polar surface area (TPSA) is 63.4 Å². The van der Waals surface area contributed by atoms with Crippen molar-refractivity contribution in [1.82, 2.24) is 4.90 Å². The van der Waals surface area contributed by atoms with Crippen molar-refractivity contribution in [2.45, 2.75) is 31.5 Å². The highest BCUT2D eigenvalue weighted by atomic mass is 35.5. The van der Waals surface area contributed by atoms with Crippen molar-refractivity contribution in [3.05, 3.63) is 21.3 Å². The van der Waals surface area contributed by atoms with Crippen molar-refractivity contribution in [1.29, 1.82) is 0 Å². The lowest BCUT2D eigenvalue weighted by atomic mass is 10.0. The van der Waals surface area contributed by atoms with Crippen molar-refractivity contribution < 1.29 is 8.42 Å². The Labute approximate surface area is 123 Å². The van der Waals surface area contributed by atoms with Crippen molar-refractivity contribution in [3.63, 3.8) is 0 Å². The van der Waals surface area contributed by atoms with E-state index in [1.165, 1.54) is 11.3 Å². The van der Waals surface area contributed by atoms with E-state index in [9.17, 15) is 8.42 Å². The number of hydrogen-bond donors (Lipinski definition) is 1. The zero-order valence-electron chi connectivity index (χ0n) is 11.0. The summed E-state index contributed by atoms with van der Waals surface area (Å²) in [6.07, 6.45) is 0.682. The third-order valence-corrected chi connectivity index (χ3v) is 6.66. The molecule has 4 nitrogen and oxygen atoms in total. The maximum atomic E-state index is 11.6. The number of sulfone groups is 1. The summed E-state index contributed by atoms with van der Waals surface area (Å²) in [5.41, 5.74) is 6.09. The molecule has 1 fully saturated rings. The van der Waals surface area contributed by atoms with Crippen LogP contribution >= 0.6 is 22.9 Å². The zero-order chi connectivity index (χ0) is 14.2. The molecular weight excluding hydrogens is 304 g/mol. The van der Waals surface area contributed by atoms with Gasteiger partial charge in [-0.15, -0.1) is 11.3 Å². The molecule has 7 heteroatoms. The van der Waals surface area contributed by atoms with Gasteiger partial charge < -0.3 is 5.73 Å². The van der Waals surface area contributed by atoms with Crippen molar-refractivity contribution in [2.75, 3.05) is 18.6 Å². The molecule has 19 heavy (non-hydrogen) atoms. The van der Waals surface area contributed by atoms with Crippen LogP contribution in [0.5, 0.6) is 0 Å². The maximum Gasteiger partial charge on any atom is 0.151 e. The number of thiophene rings is 1. The Morgan fingerprint density at radius 1 is 1.53 bits per heavy atom. The molecule has 3 atom stereocenters. The predicted molar refractivity (Wildman–Crippen MR) is 80.5 cm³/mol. The highest BCUT2D eigenvalue weighted by molar-refractivity contribution is 7.91. The first-order chi connectivity index (χ1) is 8.80. The van der Waals surface area contributed by atoms with Gasteiger partial charge >= 0.3 is 0 Å². The molecule has 2 heterocycles. The van der Waals surface area contributed by atoms with Crippen molar-refractivity contribution in [3.8, 4) is 0 Å². The van der Waals surface area contributed by atoms with Gasteiger partial charge in [-0.25, -0.2) is 8.42 Å². The molecular formula is C12H19ClN2O2S2. The van der Waals surface area contributed by atoms with Crippen LogP contribution in [0.2, 0.25) is 4.34 Å². The minimum atomic E-state index is -2.88. The van der Waals surface area contributed by atoms with Crippen LogP contribution in [0.4, 0.5) is 0 Å². The highest BCUT2D eigenvalue weighted by Gasteiger charge is 2.35. The lowest BCUT2D eigenvalue weighted by Gasteiger charge is -2.34. The van der Waals surface area contributed by atoms with Gasteiger partial charge in [0.1, 0.15) is 0 Å². The average Bonchev–Trinajstić information content (AvgIpc) is 2.84. The normalized spacial score (nSPS) is 25.6. The summed E-state index contributed by atoms with van der Waals surface area (Å²) in [6, 6.07) is 3.80. The molecule has 2 rings (SSSR count). The number of likely N-dealkylation sites (N-methyl/N-ethyl adjacent to an activating group) is 1. The molecule has 0 aliphatic carbocycles. The Morgan fingerprint density at radius 3 is 2.63 bits per heavy atom. The number of halogens is 1. The molecule has 0 saturated carbocycles. The fourth-order valence-electron chi connectivity index (χ4n) is 2.64. The Balaban J connectivity index is 2.20. The molecule has 0 radical (unpaired) electrons. The molecule has 1 aliphatic heterocycles. The summed E-state index contributed by atoms with van der Waals surface area (Å²) in [5.74, 6) is 0.505. The molecule has 0 bridgehead atoms. The number of rotatable bonds is 4. The van der Waals surface area contributed by atoms with Gasteiger partial charge in [0.05, 0.1) is 21.9 Å². The summed E-state index contributed by atoms with van der Waals surface area (Å²) >= 11 is 7.49. The fraction of sp³-hybridized carbons (Fsp3) is 0.667. The summed E-state index contributed by atoms with van der Waals surface area (Å²) in [4.78, 5) is 3.18. The molecule has 0 spiro atoms. The van der Waals surface area contributed by atoms with Crippen LogP contribution in [-0.2, 0) is 9.84 Å². The Morgan fingerprint density at radius 2 is 2.21 bits per heavy atom. The minimum absolute atomic E-state index is 0.01000. The SMILES string of the molecule is CC(N)C(c1ccc(Cl)s1)N(C)C1CCS(=O)(=O)C1. The van der Waals surface area contributed by atoms with Gasteiger partial charge in [0.2, 0.25) is 0 Å². The molecule has 1 saturated heterocycles. The van der Waals surface area contributed by atoms with Crippen LogP contribution in [0.1, 0.15) is 24.3 Å². The predicted octanol–water partition coefficient (Wildman–Crippen LogP) is 1.91. The van der Waals surface area contributed by atoms with E-state index in [0.29, 0.717) is 6.42 Å². The second kappa shape index (κ2) is 5.69. The first kappa shape index (κ1) is 15.3. The van der Waals surface area contributed by atoms with Gasteiger partial charge in [-0.3, -0.25) is 4.90 Å². The van der Waals surface area contributed by atoms with Gasteiger partial charge in [0.25, 0.3) is 0 Å². The van der Waals surface area contributed by atoms with Gasteiger partial charge in [-0.2, -0.15) is 0 Å². The summed E-state index contributed by atoms with van der Waals surface area (Å²) in [6.45, 7) is 1.94. The molecule has 2 N–H and O–H groups in total. The highest BCUT2D eigenvalue weighted by Crippen LogP contribution is 2.34. The largest absolute Gasteiger partial charge is 0.326 e. The maximum absolute atomic E-state index is 11.6. The van der Waals surface area contributed by atoms with Gasteiger partial charge in [-0.05, 0) is 32.5 Å². The summed E-state index contributed by atoms with van der Waals surface area (Å²) in [7, 11) is -0.930. The number of nitrogens with zero attached hydrogens (tertiary/aromatic N) is 1. The molecule has 1 aromatic rings. The first-order valence-electron chi connectivity index (χ1n) is 6.23. The van der Waals surface area contributed by atoms with Crippen LogP contribution in [0.3, 0.4) is 0 Å². The summed E-state index contributed by atoms with van der Waals surface area (Å²) < 4.78 is 23.9. The van der Waals surface area contributed by atoms with Crippen LogP contribution in [0.15, 0.2) is 12.1 Å². The smallest absolute Gasteiger partial charge is 0.151 e. The number of nitrogens with two attached hydrogens (primary N) is 1. The molecule has 108 valence electrons. The summed E-state index contributed by atoms with van der Waals surface area (Å²) in [5, 5.41) is 0. The van der Waals surface area contributed by atoms with E-state index >= 15 is 0 Å². The average molecular weight is 323 g/mol. The van der Waals surface area contributed by atoms with E-state index in [2.05, 4.69) is 4.90 Å². The van der Waals surface area contributed by atoms with Crippen LogP contribution in [-0.4, -0.2) is 44.0 Å². The molecule has 1 aromatic heterocycles. The van der Waals surface area contributed by atoms with Crippen LogP contribution in [0.25, 0.3) is 0 Å². The first-order valence-corrected chi connectivity index (χ1v) is 9.25. The molecule has 0 aromatic carbocycles. The van der Waals surface area contributed by atoms with Crippen molar-refractivity contribution >= 4 is 32.8 Å². The third-order valence-electron chi connectivity index (χ3n) is 3.61. The number of hydrogen-bond acceptors (Lipinski definition) is 5. The van der Waals surface area contributed by atoms with E-state index in [1.807, 2.05) is 26.1 Å². The lowest BCUT2D eigenvalue weighted by molar-refractivity contribution is 0.171. The molecule has 3 unspecified atom stereocenters. The van der Waals surface area contributed by atoms with E-state index in [4.69, 9.17) is 17.3 Å². The van der Waals surface area contributed by atoms with E-state index < -0.39 is 9.84 Å². The minimum Gasteiger partial charge on any atom is -0.326 e. The van der Waals surface area contributed by atoms with Crippen molar-refractivity contribution in [2.24, 2.45) is 5.73 Å². The second-order valence-electron chi connectivity index (χ2n) is 5.17. The van der Waals surface area contributed by atoms with E-state index in [0.717, 1.165) is 9.21 Å². The Kier molecular flexibility index (Phi) is 4.57. The Bertz CT molecular complexity index is 542. The van der Waals surface area contributed by atoms with Gasteiger partial charge in [-0.1, -0.05) is 11.6 Å². The van der Waals surface area contributed by atoms with Gasteiger partial charge in [0.15, 0.2) is 9.84 Å². The molecule has 0 amide bonds. The zero-order valence-corrected chi connectivity index (χ0v) is 13.4.